The summed E-state index contributed by atoms with van der Waals surface area (Å²) in [6, 6.07) is 8.92. The van der Waals surface area contributed by atoms with Gasteiger partial charge >= 0.3 is 0 Å². The first kappa shape index (κ1) is 13.1. The molecule has 1 aromatic carbocycles. The number of nitrogens with zero attached hydrogens (tertiary/aromatic N) is 1. The lowest BCUT2D eigenvalue weighted by Crippen LogP contribution is -2.38. The first-order valence-electron chi connectivity index (χ1n) is 7.41. The van der Waals surface area contributed by atoms with E-state index in [1.807, 2.05) is 0 Å². The molecular formula is C16H24N2O. The Labute approximate surface area is 115 Å². The normalized spacial score (nSPS) is 28.7. The van der Waals surface area contributed by atoms with E-state index in [1.54, 1.807) is 0 Å². The molecule has 104 valence electrons. The lowest BCUT2D eigenvalue weighted by atomic mass is 9.87. The van der Waals surface area contributed by atoms with E-state index in [2.05, 4.69) is 41.4 Å². The van der Waals surface area contributed by atoms with Gasteiger partial charge in [-0.15, -0.1) is 0 Å². The summed E-state index contributed by atoms with van der Waals surface area (Å²) in [6.45, 7) is 8.39. The molecule has 1 unspecified atom stereocenters. The van der Waals surface area contributed by atoms with E-state index >= 15 is 0 Å². The smallest absolute Gasteiger partial charge is 0.0594 e. The van der Waals surface area contributed by atoms with Crippen LogP contribution in [0.3, 0.4) is 0 Å². The molecule has 3 heteroatoms. The summed E-state index contributed by atoms with van der Waals surface area (Å²) in [5.41, 5.74) is 3.13. The molecule has 0 bridgehead atoms. The van der Waals surface area contributed by atoms with Crippen molar-refractivity contribution in [1.82, 2.24) is 10.2 Å². The maximum absolute atomic E-state index is 5.43. The molecule has 2 saturated heterocycles. The third kappa shape index (κ3) is 2.83. The molecule has 0 aliphatic carbocycles. The zero-order valence-corrected chi connectivity index (χ0v) is 11.8. The molecule has 3 nitrogen and oxygen atoms in total. The maximum Gasteiger partial charge on any atom is 0.0594 e. The average molecular weight is 260 g/mol. The predicted octanol–water partition coefficient (Wildman–Crippen LogP) is 2.12. The molecule has 1 N–H and O–H groups in total. The molecule has 3 rings (SSSR count). The van der Waals surface area contributed by atoms with Gasteiger partial charge in [-0.2, -0.15) is 0 Å². The fourth-order valence-electron chi connectivity index (χ4n) is 3.32. The highest BCUT2D eigenvalue weighted by Gasteiger charge is 2.31. The molecule has 0 saturated carbocycles. The number of benzene rings is 1. The van der Waals surface area contributed by atoms with Gasteiger partial charge in [0.05, 0.1) is 13.2 Å². The quantitative estimate of drug-likeness (QED) is 0.901. The number of hydrogen-bond donors (Lipinski definition) is 1. The van der Waals surface area contributed by atoms with Crippen LogP contribution in [0.1, 0.15) is 30.9 Å². The molecule has 0 radical (unpaired) electrons. The van der Waals surface area contributed by atoms with Gasteiger partial charge in [0, 0.05) is 25.2 Å². The minimum absolute atomic E-state index is 0.170. The number of ether oxygens (including phenoxy) is 1. The van der Waals surface area contributed by atoms with Crippen molar-refractivity contribution in [3.63, 3.8) is 0 Å². The summed E-state index contributed by atoms with van der Waals surface area (Å²) >= 11 is 0. The van der Waals surface area contributed by atoms with E-state index in [0.717, 1.165) is 39.4 Å². The van der Waals surface area contributed by atoms with Gasteiger partial charge in [-0.05, 0) is 37.4 Å². The fraction of sp³-hybridized carbons (Fsp3) is 0.625. The van der Waals surface area contributed by atoms with Crippen molar-refractivity contribution in [2.24, 2.45) is 0 Å². The molecule has 19 heavy (non-hydrogen) atoms. The van der Waals surface area contributed by atoms with Crippen LogP contribution in [0.25, 0.3) is 0 Å². The van der Waals surface area contributed by atoms with Gasteiger partial charge in [0.1, 0.15) is 0 Å². The van der Waals surface area contributed by atoms with Crippen molar-refractivity contribution in [2.75, 3.05) is 32.8 Å². The topological polar surface area (TPSA) is 24.5 Å². The molecule has 2 fully saturated rings. The third-order valence-corrected chi connectivity index (χ3v) is 4.48. The summed E-state index contributed by atoms with van der Waals surface area (Å²) in [5, 5.41) is 3.68. The molecular weight excluding hydrogens is 236 g/mol. The van der Waals surface area contributed by atoms with Crippen LogP contribution >= 0.6 is 0 Å². The molecule has 1 aromatic rings. The predicted molar refractivity (Wildman–Crippen MR) is 77.1 cm³/mol. The Balaban J connectivity index is 1.80. The highest BCUT2D eigenvalue weighted by molar-refractivity contribution is 5.34. The van der Waals surface area contributed by atoms with E-state index in [-0.39, 0.29) is 5.54 Å². The Bertz CT molecular complexity index is 421. The van der Waals surface area contributed by atoms with Gasteiger partial charge < -0.3 is 10.1 Å². The van der Waals surface area contributed by atoms with Crippen LogP contribution < -0.4 is 5.32 Å². The van der Waals surface area contributed by atoms with E-state index < -0.39 is 0 Å². The van der Waals surface area contributed by atoms with Crippen LogP contribution in [0.5, 0.6) is 0 Å². The third-order valence-electron chi connectivity index (χ3n) is 4.48. The second kappa shape index (κ2) is 5.61. The largest absolute Gasteiger partial charge is 0.379 e. The molecule has 0 amide bonds. The first-order chi connectivity index (χ1) is 9.28. The van der Waals surface area contributed by atoms with Gasteiger partial charge in [0.15, 0.2) is 0 Å². The van der Waals surface area contributed by atoms with E-state index in [0.29, 0.717) is 0 Å². The zero-order chi connectivity index (χ0) is 13.1. The van der Waals surface area contributed by atoms with Crippen molar-refractivity contribution < 1.29 is 4.74 Å². The van der Waals surface area contributed by atoms with Crippen molar-refractivity contribution in [3.8, 4) is 0 Å². The minimum Gasteiger partial charge on any atom is -0.379 e. The zero-order valence-electron chi connectivity index (χ0n) is 11.8. The van der Waals surface area contributed by atoms with Crippen molar-refractivity contribution >= 4 is 0 Å². The van der Waals surface area contributed by atoms with Crippen molar-refractivity contribution in [2.45, 2.75) is 31.8 Å². The average Bonchev–Trinajstić information content (AvgIpc) is 2.88. The van der Waals surface area contributed by atoms with Gasteiger partial charge in [-0.25, -0.2) is 0 Å². The number of morpholine rings is 1. The lowest BCUT2D eigenvalue weighted by Gasteiger charge is -2.31. The SMILES string of the molecule is CC1(c2ccccc2CN2CCOCC2)CCCN1. The molecule has 1 atom stereocenters. The lowest BCUT2D eigenvalue weighted by molar-refractivity contribution is 0.0339. The Hall–Kier alpha value is -0.900. The highest BCUT2D eigenvalue weighted by Crippen LogP contribution is 2.33. The minimum atomic E-state index is 0.170. The number of nitrogens with one attached hydrogen (secondary N) is 1. The number of rotatable bonds is 3. The molecule has 2 aliphatic heterocycles. The van der Waals surface area contributed by atoms with Crippen LogP contribution in [0.4, 0.5) is 0 Å². The van der Waals surface area contributed by atoms with E-state index in [1.165, 1.54) is 24.0 Å². The molecule has 2 heterocycles. The fourth-order valence-corrected chi connectivity index (χ4v) is 3.32. The molecule has 0 aromatic heterocycles. The standard InChI is InChI=1S/C16H24N2O/c1-16(7-4-8-17-16)15-6-3-2-5-14(15)13-18-9-11-19-12-10-18/h2-3,5-6,17H,4,7-13H2,1H3. The summed E-state index contributed by atoms with van der Waals surface area (Å²) in [4.78, 5) is 2.50. The van der Waals surface area contributed by atoms with E-state index in [4.69, 9.17) is 4.74 Å². The summed E-state index contributed by atoms with van der Waals surface area (Å²) in [6.07, 6.45) is 2.52. The first-order valence-corrected chi connectivity index (χ1v) is 7.41. The molecule has 2 aliphatic rings. The van der Waals surface area contributed by atoms with Crippen LogP contribution in [-0.4, -0.2) is 37.7 Å². The second-order valence-electron chi connectivity index (χ2n) is 5.91. The van der Waals surface area contributed by atoms with Gasteiger partial charge in [-0.3, -0.25) is 4.90 Å². The Morgan fingerprint density at radius 1 is 1.26 bits per heavy atom. The Kier molecular flexibility index (Phi) is 3.87. The van der Waals surface area contributed by atoms with E-state index in [9.17, 15) is 0 Å². The number of hydrogen-bond acceptors (Lipinski definition) is 3. The van der Waals surface area contributed by atoms with Gasteiger partial charge in [0.25, 0.3) is 0 Å². The highest BCUT2D eigenvalue weighted by atomic mass is 16.5. The summed E-state index contributed by atoms with van der Waals surface area (Å²) in [5.74, 6) is 0. The van der Waals surface area contributed by atoms with Crippen LogP contribution in [-0.2, 0) is 16.8 Å². The second-order valence-corrected chi connectivity index (χ2v) is 5.91. The van der Waals surface area contributed by atoms with Crippen LogP contribution in [0, 0.1) is 0 Å². The van der Waals surface area contributed by atoms with Crippen LogP contribution in [0.2, 0.25) is 0 Å². The molecule has 0 spiro atoms. The van der Waals surface area contributed by atoms with Crippen LogP contribution in [0.15, 0.2) is 24.3 Å². The Morgan fingerprint density at radius 2 is 2.05 bits per heavy atom. The van der Waals surface area contributed by atoms with Crippen molar-refractivity contribution in [1.29, 1.82) is 0 Å². The van der Waals surface area contributed by atoms with Gasteiger partial charge in [-0.1, -0.05) is 24.3 Å². The van der Waals surface area contributed by atoms with Gasteiger partial charge in [0.2, 0.25) is 0 Å². The maximum atomic E-state index is 5.43. The summed E-state index contributed by atoms with van der Waals surface area (Å²) in [7, 11) is 0. The monoisotopic (exact) mass is 260 g/mol. The Morgan fingerprint density at radius 3 is 2.79 bits per heavy atom. The van der Waals surface area contributed by atoms with Crippen molar-refractivity contribution in [3.05, 3.63) is 35.4 Å². The summed E-state index contributed by atoms with van der Waals surface area (Å²) < 4.78 is 5.43.